The van der Waals surface area contributed by atoms with E-state index < -0.39 is 5.60 Å². The van der Waals surface area contributed by atoms with E-state index in [9.17, 15) is 14.7 Å². The maximum Gasteiger partial charge on any atom is 0.253 e. The van der Waals surface area contributed by atoms with Crippen molar-refractivity contribution in [1.29, 1.82) is 5.26 Å². The molecule has 4 saturated carbocycles. The van der Waals surface area contributed by atoms with Crippen LogP contribution in [0.2, 0.25) is 0 Å². The minimum atomic E-state index is -0.606. The number of carbonyl (C=O) groups excluding carboxylic acids is 2. The van der Waals surface area contributed by atoms with Crippen LogP contribution < -0.4 is 5.32 Å². The first-order valence-corrected chi connectivity index (χ1v) is 11.7. The Morgan fingerprint density at radius 3 is 2.42 bits per heavy atom. The second-order valence-electron chi connectivity index (χ2n) is 10.5. The van der Waals surface area contributed by atoms with Crippen molar-refractivity contribution in [2.75, 3.05) is 7.05 Å². The van der Waals surface area contributed by atoms with E-state index in [2.05, 4.69) is 11.4 Å². The van der Waals surface area contributed by atoms with E-state index in [1.54, 1.807) is 48.3 Å². The standard InChI is InChI=1S/C27H29N3O3/c1-30(25(32)23-4-2-3-19(10-23)15-28)16-18-5-7-22(8-6-18)24(31)29-26-11-20-9-21(12-26)14-27(33,13-20)17-26/h2-8,10,20-21,33H,9,11-14,16-17H2,1H3,(H,29,31). The summed E-state index contributed by atoms with van der Waals surface area (Å²) >= 11 is 0. The molecule has 2 aromatic rings. The summed E-state index contributed by atoms with van der Waals surface area (Å²) in [5.41, 5.74) is 1.56. The van der Waals surface area contributed by atoms with Crippen LogP contribution in [-0.2, 0) is 6.54 Å². The Labute approximate surface area is 194 Å². The number of benzene rings is 2. The van der Waals surface area contributed by atoms with Gasteiger partial charge in [0, 0.05) is 30.3 Å². The van der Waals surface area contributed by atoms with Gasteiger partial charge in [-0.2, -0.15) is 5.26 Å². The Bertz CT molecular complexity index is 1120. The van der Waals surface area contributed by atoms with Crippen LogP contribution in [-0.4, -0.2) is 40.0 Å². The Kier molecular flexibility index (Phi) is 5.25. The van der Waals surface area contributed by atoms with E-state index in [-0.39, 0.29) is 17.4 Å². The summed E-state index contributed by atoms with van der Waals surface area (Å²) < 4.78 is 0. The number of hydrogen-bond acceptors (Lipinski definition) is 4. The molecule has 0 aromatic heterocycles. The summed E-state index contributed by atoms with van der Waals surface area (Å²) in [5.74, 6) is 0.778. The number of aliphatic hydroxyl groups is 1. The van der Waals surface area contributed by atoms with E-state index in [0.29, 0.717) is 41.5 Å². The molecule has 6 nitrogen and oxygen atoms in total. The molecule has 0 heterocycles. The first-order chi connectivity index (χ1) is 15.8. The van der Waals surface area contributed by atoms with E-state index in [0.717, 1.165) is 31.2 Å². The average molecular weight is 444 g/mol. The summed E-state index contributed by atoms with van der Waals surface area (Å²) in [4.78, 5) is 27.3. The van der Waals surface area contributed by atoms with Gasteiger partial charge < -0.3 is 15.3 Å². The van der Waals surface area contributed by atoms with Gasteiger partial charge in [0.15, 0.2) is 0 Å². The first-order valence-electron chi connectivity index (χ1n) is 11.7. The highest BCUT2D eigenvalue weighted by Crippen LogP contribution is 2.57. The number of nitrogens with zero attached hydrogens (tertiary/aromatic N) is 2. The summed E-state index contributed by atoms with van der Waals surface area (Å²) in [5, 5.41) is 23.3. The lowest BCUT2D eigenvalue weighted by Gasteiger charge is -2.60. The van der Waals surface area contributed by atoms with E-state index in [4.69, 9.17) is 5.26 Å². The first kappa shape index (κ1) is 21.7. The lowest BCUT2D eigenvalue weighted by atomic mass is 9.51. The summed E-state index contributed by atoms with van der Waals surface area (Å²) in [7, 11) is 1.72. The third-order valence-electron chi connectivity index (χ3n) is 7.63. The third kappa shape index (κ3) is 4.26. The molecule has 4 fully saturated rings. The van der Waals surface area contributed by atoms with Crippen molar-refractivity contribution < 1.29 is 14.7 Å². The van der Waals surface area contributed by atoms with Crippen LogP contribution in [0.4, 0.5) is 0 Å². The molecule has 4 aliphatic rings. The highest BCUT2D eigenvalue weighted by Gasteiger charge is 2.57. The number of carbonyl (C=O) groups is 2. The van der Waals surface area contributed by atoms with Crippen LogP contribution in [0, 0.1) is 23.2 Å². The molecule has 0 radical (unpaired) electrons. The topological polar surface area (TPSA) is 93.4 Å². The molecule has 2 atom stereocenters. The Morgan fingerprint density at radius 2 is 1.79 bits per heavy atom. The normalized spacial score (nSPS) is 29.4. The average Bonchev–Trinajstić information content (AvgIpc) is 2.77. The SMILES string of the molecule is CN(Cc1ccc(C(=O)NC23CC4CC(CC(O)(C4)C2)C3)cc1)C(=O)c1cccc(C#N)c1. The van der Waals surface area contributed by atoms with Gasteiger partial charge in [0.2, 0.25) is 0 Å². The van der Waals surface area contributed by atoms with Crippen LogP contribution >= 0.6 is 0 Å². The number of rotatable bonds is 5. The number of hydrogen-bond donors (Lipinski definition) is 2. The Morgan fingerprint density at radius 1 is 1.09 bits per heavy atom. The van der Waals surface area contributed by atoms with Gasteiger partial charge >= 0.3 is 0 Å². The van der Waals surface area contributed by atoms with E-state index >= 15 is 0 Å². The van der Waals surface area contributed by atoms with Crippen LogP contribution in [0.15, 0.2) is 48.5 Å². The summed E-state index contributed by atoms with van der Waals surface area (Å²) in [6.07, 6.45) is 5.54. The molecular weight excluding hydrogens is 414 g/mol. The van der Waals surface area contributed by atoms with Gasteiger partial charge in [-0.25, -0.2) is 0 Å². The molecule has 2 aromatic carbocycles. The molecule has 33 heavy (non-hydrogen) atoms. The zero-order valence-electron chi connectivity index (χ0n) is 18.9. The fourth-order valence-corrected chi connectivity index (χ4v) is 6.72. The highest BCUT2D eigenvalue weighted by molar-refractivity contribution is 5.95. The van der Waals surface area contributed by atoms with E-state index in [1.165, 1.54) is 6.42 Å². The van der Waals surface area contributed by atoms with Crippen LogP contribution in [0.1, 0.15) is 70.4 Å². The van der Waals surface area contributed by atoms with Crippen molar-refractivity contribution in [1.82, 2.24) is 10.2 Å². The van der Waals surface area contributed by atoms with Gasteiger partial charge in [-0.05, 0) is 86.3 Å². The summed E-state index contributed by atoms with van der Waals surface area (Å²) in [6.45, 7) is 0.401. The van der Waals surface area contributed by atoms with Gasteiger partial charge in [0.25, 0.3) is 11.8 Å². The maximum absolute atomic E-state index is 13.0. The third-order valence-corrected chi connectivity index (χ3v) is 7.63. The van der Waals surface area contributed by atoms with Gasteiger partial charge in [-0.3, -0.25) is 9.59 Å². The minimum absolute atomic E-state index is 0.0927. The zero-order valence-corrected chi connectivity index (χ0v) is 18.9. The smallest absolute Gasteiger partial charge is 0.253 e. The largest absolute Gasteiger partial charge is 0.390 e. The molecule has 6 heteroatoms. The second kappa shape index (κ2) is 8.00. The van der Waals surface area contributed by atoms with Crippen LogP contribution in [0.25, 0.3) is 0 Å². The van der Waals surface area contributed by atoms with Crippen molar-refractivity contribution in [3.8, 4) is 6.07 Å². The lowest BCUT2D eigenvalue weighted by molar-refractivity contribution is -0.139. The van der Waals surface area contributed by atoms with Crippen molar-refractivity contribution in [3.63, 3.8) is 0 Å². The predicted molar refractivity (Wildman–Crippen MR) is 123 cm³/mol. The maximum atomic E-state index is 13.0. The van der Waals surface area contributed by atoms with Crippen molar-refractivity contribution in [3.05, 3.63) is 70.8 Å². The van der Waals surface area contributed by atoms with Gasteiger partial charge in [0.05, 0.1) is 17.2 Å². The molecule has 4 aliphatic carbocycles. The summed E-state index contributed by atoms with van der Waals surface area (Å²) in [6, 6.07) is 16.1. The van der Waals surface area contributed by atoms with Gasteiger partial charge in [-0.1, -0.05) is 18.2 Å². The monoisotopic (exact) mass is 443 g/mol. The molecule has 6 rings (SSSR count). The molecule has 2 amide bonds. The highest BCUT2D eigenvalue weighted by atomic mass is 16.3. The van der Waals surface area contributed by atoms with Gasteiger partial charge in [-0.15, -0.1) is 0 Å². The molecule has 0 spiro atoms. The van der Waals surface area contributed by atoms with Crippen molar-refractivity contribution >= 4 is 11.8 Å². The fourth-order valence-electron chi connectivity index (χ4n) is 6.72. The van der Waals surface area contributed by atoms with E-state index in [1.807, 2.05) is 12.1 Å². The molecule has 170 valence electrons. The molecule has 4 bridgehead atoms. The molecule has 2 N–H and O–H groups in total. The number of nitriles is 1. The van der Waals surface area contributed by atoms with Crippen LogP contribution in [0.5, 0.6) is 0 Å². The zero-order chi connectivity index (χ0) is 23.2. The predicted octanol–water partition coefficient (Wildman–Crippen LogP) is 3.64. The molecular formula is C27H29N3O3. The Hall–Kier alpha value is -3.17. The second-order valence-corrected chi connectivity index (χ2v) is 10.5. The number of nitrogens with one attached hydrogen (secondary N) is 1. The molecule has 0 aliphatic heterocycles. The quantitative estimate of drug-likeness (QED) is 0.738. The molecule has 2 unspecified atom stereocenters. The van der Waals surface area contributed by atoms with Gasteiger partial charge in [0.1, 0.15) is 0 Å². The van der Waals surface area contributed by atoms with Crippen molar-refractivity contribution in [2.45, 2.75) is 56.2 Å². The molecule has 0 saturated heterocycles. The van der Waals surface area contributed by atoms with Crippen LogP contribution in [0.3, 0.4) is 0 Å². The minimum Gasteiger partial charge on any atom is -0.390 e. The Balaban J connectivity index is 1.23. The lowest BCUT2D eigenvalue weighted by Crippen LogP contribution is -2.65. The fraction of sp³-hybridized carbons (Fsp3) is 0.444. The number of amides is 2. The van der Waals surface area contributed by atoms with Crippen molar-refractivity contribution in [2.24, 2.45) is 11.8 Å².